The standard InChI is InChI=1S/C6H15O4P/c1-4-6(7)11(8,9)10-5(2)3/h5-7H,4H2,1-3H3,(H,8,9). The zero-order chi connectivity index (χ0) is 9.07. The first kappa shape index (κ1) is 11.1. The van der Waals surface area contributed by atoms with E-state index in [1.165, 1.54) is 0 Å². The van der Waals surface area contributed by atoms with Crippen molar-refractivity contribution in [2.45, 2.75) is 39.1 Å². The zero-order valence-electron chi connectivity index (χ0n) is 7.02. The lowest BCUT2D eigenvalue weighted by Crippen LogP contribution is -2.11. The van der Waals surface area contributed by atoms with Gasteiger partial charge in [0.15, 0.2) is 5.85 Å². The molecule has 0 heterocycles. The number of aliphatic hydroxyl groups excluding tert-OH is 1. The van der Waals surface area contributed by atoms with E-state index in [1.54, 1.807) is 20.8 Å². The van der Waals surface area contributed by atoms with Crippen molar-refractivity contribution in [2.75, 3.05) is 0 Å². The highest BCUT2D eigenvalue weighted by molar-refractivity contribution is 7.53. The van der Waals surface area contributed by atoms with Crippen LogP contribution < -0.4 is 0 Å². The lowest BCUT2D eigenvalue weighted by molar-refractivity contribution is 0.144. The Labute approximate surface area is 66.7 Å². The van der Waals surface area contributed by atoms with E-state index in [0.29, 0.717) is 0 Å². The molecule has 0 aliphatic carbocycles. The Bertz CT molecular complexity index is 157. The molecule has 0 saturated heterocycles. The summed E-state index contributed by atoms with van der Waals surface area (Å²) in [4.78, 5) is 9.04. The molecule has 0 spiro atoms. The van der Waals surface area contributed by atoms with Crippen LogP contribution in [0.5, 0.6) is 0 Å². The molecule has 0 aliphatic heterocycles. The zero-order valence-corrected chi connectivity index (χ0v) is 7.91. The highest BCUT2D eigenvalue weighted by atomic mass is 31.2. The summed E-state index contributed by atoms with van der Waals surface area (Å²) in [6, 6.07) is 0. The van der Waals surface area contributed by atoms with E-state index < -0.39 is 13.4 Å². The number of aliphatic hydroxyl groups is 1. The van der Waals surface area contributed by atoms with Crippen molar-refractivity contribution < 1.29 is 19.1 Å². The van der Waals surface area contributed by atoms with Crippen LogP contribution >= 0.6 is 7.60 Å². The molecule has 68 valence electrons. The minimum Gasteiger partial charge on any atom is -0.380 e. The van der Waals surface area contributed by atoms with Crippen LogP contribution in [0.25, 0.3) is 0 Å². The van der Waals surface area contributed by atoms with Gasteiger partial charge in [0, 0.05) is 0 Å². The van der Waals surface area contributed by atoms with Crippen molar-refractivity contribution >= 4 is 7.60 Å². The summed E-state index contributed by atoms with van der Waals surface area (Å²) in [7, 11) is -3.78. The third kappa shape index (κ3) is 3.87. The Morgan fingerprint density at radius 1 is 1.55 bits per heavy atom. The molecular formula is C6H15O4P. The summed E-state index contributed by atoms with van der Waals surface area (Å²) in [5.41, 5.74) is 0. The maximum atomic E-state index is 11.0. The first-order valence-electron chi connectivity index (χ1n) is 3.59. The molecule has 0 aromatic carbocycles. The van der Waals surface area contributed by atoms with Crippen molar-refractivity contribution in [1.29, 1.82) is 0 Å². The van der Waals surface area contributed by atoms with E-state index in [2.05, 4.69) is 4.52 Å². The maximum absolute atomic E-state index is 11.0. The predicted octanol–water partition coefficient (Wildman–Crippen LogP) is 1.33. The molecule has 0 fully saturated rings. The average Bonchev–Trinajstić information content (AvgIpc) is 1.83. The number of hydrogen-bond acceptors (Lipinski definition) is 3. The third-order valence-corrected chi connectivity index (χ3v) is 2.95. The van der Waals surface area contributed by atoms with Gasteiger partial charge in [-0.05, 0) is 20.3 Å². The van der Waals surface area contributed by atoms with Gasteiger partial charge in [0.2, 0.25) is 0 Å². The van der Waals surface area contributed by atoms with E-state index in [9.17, 15) is 4.57 Å². The number of rotatable bonds is 4. The Balaban J connectivity index is 4.10. The van der Waals surface area contributed by atoms with Gasteiger partial charge in [0.1, 0.15) is 0 Å². The van der Waals surface area contributed by atoms with Crippen LogP contribution in [0.1, 0.15) is 27.2 Å². The van der Waals surface area contributed by atoms with Crippen molar-refractivity contribution in [3.63, 3.8) is 0 Å². The summed E-state index contributed by atoms with van der Waals surface area (Å²) in [5, 5.41) is 9.00. The van der Waals surface area contributed by atoms with Crippen LogP contribution in [0.4, 0.5) is 0 Å². The SMILES string of the molecule is CCC(O)P(=O)(O)OC(C)C. The van der Waals surface area contributed by atoms with Gasteiger partial charge in [-0.2, -0.15) is 0 Å². The summed E-state index contributed by atoms with van der Waals surface area (Å²) >= 11 is 0. The second kappa shape index (κ2) is 4.21. The van der Waals surface area contributed by atoms with Crippen LogP contribution in [0.15, 0.2) is 0 Å². The smallest absolute Gasteiger partial charge is 0.356 e. The summed E-state index contributed by atoms with van der Waals surface area (Å²) in [5.74, 6) is -1.26. The van der Waals surface area contributed by atoms with Crippen molar-refractivity contribution in [3.05, 3.63) is 0 Å². The summed E-state index contributed by atoms with van der Waals surface area (Å²) in [6.45, 7) is 4.91. The fraction of sp³-hybridized carbons (Fsp3) is 1.00. The Hall–Kier alpha value is 0.110. The van der Waals surface area contributed by atoms with Crippen LogP contribution in [0.2, 0.25) is 0 Å². The van der Waals surface area contributed by atoms with E-state index in [0.717, 1.165) is 0 Å². The van der Waals surface area contributed by atoms with Crippen molar-refractivity contribution in [3.8, 4) is 0 Å². The molecule has 0 bridgehead atoms. The molecule has 0 rings (SSSR count). The van der Waals surface area contributed by atoms with E-state index in [1.807, 2.05) is 0 Å². The molecule has 0 aromatic heterocycles. The second-order valence-electron chi connectivity index (χ2n) is 2.61. The molecule has 2 atom stereocenters. The minimum absolute atomic E-state index is 0.223. The largest absolute Gasteiger partial charge is 0.380 e. The topological polar surface area (TPSA) is 66.8 Å². The molecule has 0 aliphatic rings. The molecule has 0 aromatic rings. The van der Waals surface area contributed by atoms with E-state index in [-0.39, 0.29) is 12.5 Å². The summed E-state index contributed by atoms with van der Waals surface area (Å²) in [6.07, 6.45) is -0.118. The molecule has 5 heteroatoms. The van der Waals surface area contributed by atoms with Crippen molar-refractivity contribution in [2.24, 2.45) is 0 Å². The Kier molecular flexibility index (Phi) is 4.26. The minimum atomic E-state index is -3.78. The van der Waals surface area contributed by atoms with Crippen molar-refractivity contribution in [1.82, 2.24) is 0 Å². The molecule has 0 amide bonds. The van der Waals surface area contributed by atoms with E-state index >= 15 is 0 Å². The van der Waals surface area contributed by atoms with Gasteiger partial charge >= 0.3 is 7.60 Å². The van der Waals surface area contributed by atoms with Gasteiger partial charge in [-0.25, -0.2) is 0 Å². The fourth-order valence-electron chi connectivity index (χ4n) is 0.603. The van der Waals surface area contributed by atoms with Crippen LogP contribution in [-0.2, 0) is 9.09 Å². The van der Waals surface area contributed by atoms with Gasteiger partial charge in [0.05, 0.1) is 6.10 Å². The Morgan fingerprint density at radius 3 is 2.27 bits per heavy atom. The molecule has 4 nitrogen and oxygen atoms in total. The highest BCUT2D eigenvalue weighted by Crippen LogP contribution is 2.48. The van der Waals surface area contributed by atoms with Crippen LogP contribution in [0.3, 0.4) is 0 Å². The lowest BCUT2D eigenvalue weighted by atomic mass is 10.5. The fourth-order valence-corrected chi connectivity index (χ4v) is 1.81. The average molecular weight is 182 g/mol. The summed E-state index contributed by atoms with van der Waals surface area (Å²) < 4.78 is 15.7. The maximum Gasteiger partial charge on any atom is 0.356 e. The third-order valence-electron chi connectivity index (χ3n) is 1.10. The monoisotopic (exact) mass is 182 g/mol. The first-order valence-corrected chi connectivity index (χ1v) is 5.23. The molecule has 2 unspecified atom stereocenters. The predicted molar refractivity (Wildman–Crippen MR) is 42.3 cm³/mol. The number of hydrogen-bond donors (Lipinski definition) is 2. The normalized spacial score (nSPS) is 19.8. The van der Waals surface area contributed by atoms with Gasteiger partial charge in [0.25, 0.3) is 0 Å². The van der Waals surface area contributed by atoms with Crippen LogP contribution in [-0.4, -0.2) is 21.9 Å². The van der Waals surface area contributed by atoms with Gasteiger partial charge in [-0.15, -0.1) is 0 Å². The molecule has 11 heavy (non-hydrogen) atoms. The molecule has 2 N–H and O–H groups in total. The second-order valence-corrected chi connectivity index (χ2v) is 4.54. The first-order chi connectivity index (χ1) is 4.90. The van der Waals surface area contributed by atoms with Gasteiger partial charge < -0.3 is 14.5 Å². The van der Waals surface area contributed by atoms with Gasteiger partial charge in [-0.3, -0.25) is 4.57 Å². The molecule has 0 saturated carbocycles. The molecule has 0 radical (unpaired) electrons. The molecular weight excluding hydrogens is 167 g/mol. The Morgan fingerprint density at radius 2 is 2.00 bits per heavy atom. The van der Waals surface area contributed by atoms with E-state index in [4.69, 9.17) is 10.00 Å². The van der Waals surface area contributed by atoms with Gasteiger partial charge in [-0.1, -0.05) is 6.92 Å². The van der Waals surface area contributed by atoms with Crippen LogP contribution in [0, 0.1) is 0 Å². The lowest BCUT2D eigenvalue weighted by Gasteiger charge is -2.18. The quantitative estimate of drug-likeness (QED) is 0.643. The highest BCUT2D eigenvalue weighted by Gasteiger charge is 2.29.